The van der Waals surface area contributed by atoms with Gasteiger partial charge >= 0.3 is 0 Å². The average molecular weight is 260 g/mol. The first-order valence-electron chi connectivity index (χ1n) is 6.69. The fourth-order valence-electron chi connectivity index (χ4n) is 2.98. The third-order valence-electron chi connectivity index (χ3n) is 4.14. The van der Waals surface area contributed by atoms with Crippen molar-refractivity contribution in [2.24, 2.45) is 5.92 Å². The van der Waals surface area contributed by atoms with E-state index in [9.17, 15) is 0 Å². The first-order chi connectivity index (χ1) is 8.78. The fraction of sp³-hybridized carbons (Fsp3) is 0.467. The molecule has 3 rings (SSSR count). The van der Waals surface area contributed by atoms with Crippen LogP contribution in [-0.2, 0) is 0 Å². The third kappa shape index (κ3) is 2.17. The molecule has 1 heterocycles. The van der Waals surface area contributed by atoms with Crippen LogP contribution in [-0.4, -0.2) is 23.3 Å². The van der Waals surface area contributed by atoms with Gasteiger partial charge in [0, 0.05) is 22.2 Å². The topological polar surface area (TPSA) is 27.8 Å². The molecule has 96 valence electrons. The Morgan fingerprint density at radius 3 is 2.83 bits per heavy atom. The molecule has 0 saturated heterocycles. The second-order valence-corrected chi connectivity index (χ2v) is 6.49. The second kappa shape index (κ2) is 4.98. The zero-order valence-electron chi connectivity index (χ0n) is 10.9. The van der Waals surface area contributed by atoms with Crippen molar-refractivity contribution in [1.29, 1.82) is 0 Å². The summed E-state index contributed by atoms with van der Waals surface area (Å²) in [6.45, 7) is 2.37. The molecule has 0 radical (unpaired) electrons. The van der Waals surface area contributed by atoms with Crippen LogP contribution >= 0.6 is 11.8 Å². The van der Waals surface area contributed by atoms with Gasteiger partial charge in [-0.25, -0.2) is 0 Å². The van der Waals surface area contributed by atoms with Crippen LogP contribution in [0.1, 0.15) is 19.8 Å². The number of hydrogen-bond acceptors (Lipinski definition) is 2. The highest BCUT2D eigenvalue weighted by atomic mass is 32.2. The van der Waals surface area contributed by atoms with Crippen molar-refractivity contribution in [2.75, 3.05) is 7.05 Å². The highest BCUT2D eigenvalue weighted by molar-refractivity contribution is 7.99. The van der Waals surface area contributed by atoms with Crippen LogP contribution in [0.3, 0.4) is 0 Å². The molecule has 3 heteroatoms. The number of H-pyrrole nitrogens is 1. The van der Waals surface area contributed by atoms with Gasteiger partial charge in [0.2, 0.25) is 0 Å². The van der Waals surface area contributed by atoms with Crippen LogP contribution in [0.4, 0.5) is 0 Å². The van der Waals surface area contributed by atoms with Gasteiger partial charge in [0.1, 0.15) is 0 Å². The molecular formula is C15H20N2S. The third-order valence-corrected chi connectivity index (χ3v) is 5.58. The lowest BCUT2D eigenvalue weighted by atomic mass is 10.1. The van der Waals surface area contributed by atoms with E-state index in [1.165, 1.54) is 28.8 Å². The van der Waals surface area contributed by atoms with Gasteiger partial charge in [-0.05, 0) is 37.9 Å². The van der Waals surface area contributed by atoms with Gasteiger partial charge in [-0.1, -0.05) is 25.1 Å². The molecule has 0 amide bonds. The van der Waals surface area contributed by atoms with E-state index < -0.39 is 0 Å². The standard InChI is InChI=1S/C15H20N2S/c1-10-12(16-2)7-8-14(10)18-15-9-11-5-3-4-6-13(11)17-15/h3-6,9-10,12,14,16-17H,7-8H2,1-2H3. The number of aromatic nitrogens is 1. The normalized spacial score (nSPS) is 28.0. The van der Waals surface area contributed by atoms with E-state index in [-0.39, 0.29) is 0 Å². The minimum atomic E-state index is 0.687. The summed E-state index contributed by atoms with van der Waals surface area (Å²) in [7, 11) is 2.08. The molecule has 1 aromatic heterocycles. The molecule has 0 bridgehead atoms. The molecule has 1 aromatic carbocycles. The van der Waals surface area contributed by atoms with Gasteiger partial charge in [-0.3, -0.25) is 0 Å². The number of hydrogen-bond donors (Lipinski definition) is 2. The molecule has 2 aromatic rings. The Morgan fingerprint density at radius 2 is 2.11 bits per heavy atom. The van der Waals surface area contributed by atoms with Crippen molar-refractivity contribution < 1.29 is 0 Å². The molecular weight excluding hydrogens is 240 g/mol. The van der Waals surface area contributed by atoms with Crippen molar-refractivity contribution in [3.63, 3.8) is 0 Å². The Kier molecular flexibility index (Phi) is 3.35. The maximum Gasteiger partial charge on any atom is 0.0735 e. The van der Waals surface area contributed by atoms with Crippen molar-refractivity contribution in [2.45, 2.75) is 36.1 Å². The first-order valence-corrected chi connectivity index (χ1v) is 7.57. The molecule has 18 heavy (non-hydrogen) atoms. The minimum absolute atomic E-state index is 0.687. The Balaban J connectivity index is 1.76. The van der Waals surface area contributed by atoms with E-state index in [0.717, 1.165) is 11.2 Å². The highest BCUT2D eigenvalue weighted by Gasteiger charge is 2.32. The van der Waals surface area contributed by atoms with Gasteiger partial charge in [0.15, 0.2) is 0 Å². The van der Waals surface area contributed by atoms with Crippen molar-refractivity contribution in [3.05, 3.63) is 30.3 Å². The Labute approximate surface area is 113 Å². The maximum absolute atomic E-state index is 3.52. The Morgan fingerprint density at radius 1 is 1.28 bits per heavy atom. The SMILES string of the molecule is CNC1CCC(Sc2cc3ccccc3[nH]2)C1C. The number of rotatable bonds is 3. The van der Waals surface area contributed by atoms with E-state index in [4.69, 9.17) is 0 Å². The smallest absolute Gasteiger partial charge is 0.0735 e. The van der Waals surface area contributed by atoms with Crippen LogP contribution in [0.2, 0.25) is 0 Å². The van der Waals surface area contributed by atoms with Gasteiger partial charge in [0.05, 0.1) is 5.03 Å². The summed E-state index contributed by atoms with van der Waals surface area (Å²) >= 11 is 2.01. The number of nitrogens with one attached hydrogen (secondary N) is 2. The molecule has 1 fully saturated rings. The predicted octanol–water partition coefficient (Wildman–Crippen LogP) is 3.65. The predicted molar refractivity (Wildman–Crippen MR) is 79.2 cm³/mol. The number of benzene rings is 1. The van der Waals surface area contributed by atoms with Gasteiger partial charge in [-0.15, -0.1) is 11.8 Å². The van der Waals surface area contributed by atoms with E-state index in [1.807, 2.05) is 11.8 Å². The summed E-state index contributed by atoms with van der Waals surface area (Å²) in [6, 6.07) is 11.5. The lowest BCUT2D eigenvalue weighted by Gasteiger charge is -2.19. The monoisotopic (exact) mass is 260 g/mol. The number of thioether (sulfide) groups is 1. The van der Waals surface area contributed by atoms with Crippen LogP contribution in [0.25, 0.3) is 10.9 Å². The van der Waals surface area contributed by atoms with E-state index >= 15 is 0 Å². The lowest BCUT2D eigenvalue weighted by Crippen LogP contribution is -2.29. The maximum atomic E-state index is 3.52. The summed E-state index contributed by atoms with van der Waals surface area (Å²) in [5.74, 6) is 0.742. The lowest BCUT2D eigenvalue weighted by molar-refractivity contribution is 0.464. The van der Waals surface area contributed by atoms with Gasteiger partial charge < -0.3 is 10.3 Å². The van der Waals surface area contributed by atoms with Crippen LogP contribution in [0.15, 0.2) is 35.4 Å². The Bertz CT molecular complexity index is 501. The molecule has 1 aliphatic carbocycles. The number of fused-ring (bicyclic) bond motifs is 1. The largest absolute Gasteiger partial charge is 0.350 e. The minimum Gasteiger partial charge on any atom is -0.350 e. The van der Waals surface area contributed by atoms with Crippen LogP contribution in [0, 0.1) is 5.92 Å². The first kappa shape index (κ1) is 12.1. The average Bonchev–Trinajstić information content (AvgIpc) is 2.94. The molecule has 2 nitrogen and oxygen atoms in total. The number of para-hydroxylation sites is 1. The molecule has 0 spiro atoms. The molecule has 2 N–H and O–H groups in total. The zero-order chi connectivity index (χ0) is 12.5. The highest BCUT2D eigenvalue weighted by Crippen LogP contribution is 2.39. The molecule has 3 atom stereocenters. The summed E-state index contributed by atoms with van der Waals surface area (Å²) < 4.78 is 0. The van der Waals surface area contributed by atoms with Crippen molar-refractivity contribution in [3.8, 4) is 0 Å². The van der Waals surface area contributed by atoms with E-state index in [0.29, 0.717) is 6.04 Å². The summed E-state index contributed by atoms with van der Waals surface area (Å²) in [5.41, 5.74) is 1.25. The summed E-state index contributed by atoms with van der Waals surface area (Å²) in [6.07, 6.45) is 2.61. The van der Waals surface area contributed by atoms with Gasteiger partial charge in [-0.2, -0.15) is 0 Å². The van der Waals surface area contributed by atoms with E-state index in [1.54, 1.807) is 0 Å². The second-order valence-electron chi connectivity index (χ2n) is 5.21. The van der Waals surface area contributed by atoms with Crippen molar-refractivity contribution in [1.82, 2.24) is 10.3 Å². The van der Waals surface area contributed by atoms with E-state index in [2.05, 4.69) is 54.6 Å². The van der Waals surface area contributed by atoms with Gasteiger partial charge in [0.25, 0.3) is 0 Å². The molecule has 1 aliphatic rings. The quantitative estimate of drug-likeness (QED) is 0.881. The molecule has 1 saturated carbocycles. The molecule has 0 aliphatic heterocycles. The summed E-state index contributed by atoms with van der Waals surface area (Å²) in [5, 5.41) is 6.79. The molecule has 3 unspecified atom stereocenters. The Hall–Kier alpha value is -0.930. The zero-order valence-corrected chi connectivity index (χ0v) is 11.8. The van der Waals surface area contributed by atoms with Crippen molar-refractivity contribution >= 4 is 22.7 Å². The fourth-order valence-corrected chi connectivity index (χ4v) is 4.32. The summed E-state index contributed by atoms with van der Waals surface area (Å²) in [4.78, 5) is 3.52. The number of aromatic amines is 1. The van der Waals surface area contributed by atoms with Crippen LogP contribution in [0.5, 0.6) is 0 Å². The van der Waals surface area contributed by atoms with Crippen LogP contribution < -0.4 is 5.32 Å².